The predicted molar refractivity (Wildman–Crippen MR) is 120 cm³/mol. The Hall–Kier alpha value is -2.23. The molecule has 0 N–H and O–H groups in total. The average Bonchev–Trinajstić information content (AvgIpc) is 3.17. The number of fused-ring (bicyclic) bond motifs is 3. The molecule has 5 rings (SSSR count). The molecule has 162 valence electrons. The molecule has 1 amide bonds. The van der Waals surface area contributed by atoms with Crippen LogP contribution in [-0.2, 0) is 22.4 Å². The highest BCUT2D eigenvalue weighted by atomic mass is 32.2. The fourth-order valence-corrected chi connectivity index (χ4v) is 6.35. The third kappa shape index (κ3) is 4.02. The Labute approximate surface area is 187 Å². The number of hydrogen-bond acceptors (Lipinski definition) is 6. The molecule has 0 spiro atoms. The molecule has 0 atom stereocenters. The van der Waals surface area contributed by atoms with Crippen molar-refractivity contribution in [2.75, 3.05) is 32.1 Å². The number of ether oxygens (including phenoxy) is 1. The second-order valence-corrected chi connectivity index (χ2v) is 9.71. The Kier molecular flexibility index (Phi) is 5.81. The first-order chi connectivity index (χ1) is 15.1. The van der Waals surface area contributed by atoms with Gasteiger partial charge in [0.05, 0.1) is 30.0 Å². The molecule has 1 fully saturated rings. The summed E-state index contributed by atoms with van der Waals surface area (Å²) in [4.78, 5) is 34.8. The molecule has 0 unspecified atom stereocenters. The zero-order valence-corrected chi connectivity index (χ0v) is 18.6. The highest BCUT2D eigenvalue weighted by molar-refractivity contribution is 7.99. The Balaban J connectivity index is 1.56. The minimum atomic E-state index is -0.365. The van der Waals surface area contributed by atoms with Gasteiger partial charge in [0.1, 0.15) is 10.6 Å². The minimum absolute atomic E-state index is 0.00113. The maximum atomic E-state index is 13.6. The lowest BCUT2D eigenvalue weighted by Crippen LogP contribution is -2.41. The summed E-state index contributed by atoms with van der Waals surface area (Å²) in [5.74, 6) is -0.182. The lowest BCUT2D eigenvalue weighted by Gasteiger charge is -2.26. The number of hydrogen-bond donors (Lipinski definition) is 0. The molecular formula is C22H22FN3O3S2. The van der Waals surface area contributed by atoms with Crippen molar-refractivity contribution in [2.24, 2.45) is 0 Å². The number of nitrogens with zero attached hydrogens (tertiary/aromatic N) is 3. The molecule has 9 heteroatoms. The van der Waals surface area contributed by atoms with E-state index in [-0.39, 0.29) is 23.0 Å². The number of rotatable bonds is 4. The molecule has 0 bridgehead atoms. The Bertz CT molecular complexity index is 1180. The highest BCUT2D eigenvalue weighted by Gasteiger charge is 2.24. The van der Waals surface area contributed by atoms with Crippen LogP contribution in [0.3, 0.4) is 0 Å². The monoisotopic (exact) mass is 459 g/mol. The van der Waals surface area contributed by atoms with E-state index in [2.05, 4.69) is 0 Å². The third-order valence-electron chi connectivity index (χ3n) is 5.73. The van der Waals surface area contributed by atoms with E-state index in [9.17, 15) is 14.0 Å². The van der Waals surface area contributed by atoms with Gasteiger partial charge in [-0.05, 0) is 55.5 Å². The zero-order chi connectivity index (χ0) is 21.4. The van der Waals surface area contributed by atoms with Crippen molar-refractivity contribution >= 4 is 39.2 Å². The van der Waals surface area contributed by atoms with Crippen LogP contribution in [0, 0.1) is 5.82 Å². The van der Waals surface area contributed by atoms with Gasteiger partial charge >= 0.3 is 0 Å². The van der Waals surface area contributed by atoms with E-state index in [1.54, 1.807) is 28.4 Å². The number of carbonyl (C=O) groups excluding carboxylic acids is 1. The van der Waals surface area contributed by atoms with E-state index in [4.69, 9.17) is 9.72 Å². The van der Waals surface area contributed by atoms with Gasteiger partial charge in [0, 0.05) is 18.0 Å². The van der Waals surface area contributed by atoms with Crippen molar-refractivity contribution in [2.45, 2.75) is 30.8 Å². The smallest absolute Gasteiger partial charge is 0.267 e. The van der Waals surface area contributed by atoms with Crippen LogP contribution in [0.5, 0.6) is 0 Å². The standard InChI is InChI=1S/C22H22FN3O3S2/c23-14-5-7-15(8-6-14)26-21(28)19-16-3-1-2-4-17(16)31-20(19)24-22(26)30-13-18(27)25-9-11-29-12-10-25/h5-8H,1-4,9-13H2. The topological polar surface area (TPSA) is 64.4 Å². The van der Waals surface area contributed by atoms with E-state index in [0.717, 1.165) is 36.1 Å². The Morgan fingerprint density at radius 2 is 1.90 bits per heavy atom. The molecule has 0 radical (unpaired) electrons. The van der Waals surface area contributed by atoms with Crippen LogP contribution < -0.4 is 5.56 Å². The second kappa shape index (κ2) is 8.72. The van der Waals surface area contributed by atoms with Gasteiger partial charge in [0.25, 0.3) is 5.56 Å². The zero-order valence-electron chi connectivity index (χ0n) is 16.9. The van der Waals surface area contributed by atoms with Crippen LogP contribution in [0.4, 0.5) is 4.39 Å². The largest absolute Gasteiger partial charge is 0.378 e. The van der Waals surface area contributed by atoms with Crippen molar-refractivity contribution in [3.8, 4) is 5.69 Å². The summed E-state index contributed by atoms with van der Waals surface area (Å²) in [5, 5.41) is 1.14. The molecule has 2 aliphatic rings. The second-order valence-electron chi connectivity index (χ2n) is 7.68. The van der Waals surface area contributed by atoms with Crippen LogP contribution in [0.1, 0.15) is 23.3 Å². The number of benzene rings is 1. The average molecular weight is 460 g/mol. The summed E-state index contributed by atoms with van der Waals surface area (Å²) in [6.45, 7) is 2.24. The number of aromatic nitrogens is 2. The fraction of sp³-hybridized carbons (Fsp3) is 0.409. The molecule has 1 aromatic carbocycles. The first-order valence-corrected chi connectivity index (χ1v) is 12.2. The van der Waals surface area contributed by atoms with Crippen molar-refractivity contribution < 1.29 is 13.9 Å². The normalized spacial score (nSPS) is 16.5. The maximum absolute atomic E-state index is 13.6. The lowest BCUT2D eigenvalue weighted by molar-refractivity contribution is -0.132. The molecule has 1 aliphatic carbocycles. The minimum Gasteiger partial charge on any atom is -0.378 e. The molecule has 0 saturated carbocycles. The number of aryl methyl sites for hydroxylation is 2. The van der Waals surface area contributed by atoms with Crippen molar-refractivity contribution in [3.63, 3.8) is 0 Å². The summed E-state index contributed by atoms with van der Waals surface area (Å²) in [5.41, 5.74) is 1.52. The van der Waals surface area contributed by atoms with Crippen LogP contribution >= 0.6 is 23.1 Å². The van der Waals surface area contributed by atoms with Gasteiger partial charge in [0.2, 0.25) is 5.91 Å². The molecule has 3 heterocycles. The van der Waals surface area contributed by atoms with E-state index < -0.39 is 0 Å². The van der Waals surface area contributed by atoms with Gasteiger partial charge < -0.3 is 9.64 Å². The summed E-state index contributed by atoms with van der Waals surface area (Å²) in [7, 11) is 0. The van der Waals surface area contributed by atoms with Crippen molar-refractivity contribution in [1.29, 1.82) is 0 Å². The first kappa shape index (κ1) is 20.7. The van der Waals surface area contributed by atoms with Crippen LogP contribution in [0.15, 0.2) is 34.2 Å². The summed E-state index contributed by atoms with van der Waals surface area (Å²) >= 11 is 2.84. The maximum Gasteiger partial charge on any atom is 0.267 e. The lowest BCUT2D eigenvalue weighted by atomic mass is 9.97. The third-order valence-corrected chi connectivity index (χ3v) is 7.84. The van der Waals surface area contributed by atoms with E-state index in [1.807, 2.05) is 0 Å². The first-order valence-electron chi connectivity index (χ1n) is 10.4. The van der Waals surface area contributed by atoms with Gasteiger partial charge in [0.15, 0.2) is 5.16 Å². The molecule has 2 aromatic heterocycles. The van der Waals surface area contributed by atoms with E-state index in [0.29, 0.717) is 42.5 Å². The van der Waals surface area contributed by atoms with Crippen molar-refractivity contribution in [1.82, 2.24) is 14.5 Å². The van der Waals surface area contributed by atoms with Crippen LogP contribution in [-0.4, -0.2) is 52.4 Å². The number of morpholine rings is 1. The molecule has 31 heavy (non-hydrogen) atoms. The predicted octanol–water partition coefficient (Wildman–Crippen LogP) is 3.42. The van der Waals surface area contributed by atoms with Gasteiger partial charge in [-0.15, -0.1) is 11.3 Å². The van der Waals surface area contributed by atoms with Gasteiger partial charge in [-0.1, -0.05) is 11.8 Å². The SMILES string of the molecule is O=C(CSc1nc2sc3c(c2c(=O)n1-c1ccc(F)cc1)CCCC3)N1CCOCC1. The summed E-state index contributed by atoms with van der Waals surface area (Å²) in [6.07, 6.45) is 4.06. The van der Waals surface area contributed by atoms with Gasteiger partial charge in [-0.25, -0.2) is 9.37 Å². The number of halogens is 1. The van der Waals surface area contributed by atoms with Crippen molar-refractivity contribution in [3.05, 3.63) is 50.9 Å². The highest BCUT2D eigenvalue weighted by Crippen LogP contribution is 2.35. The van der Waals surface area contributed by atoms with E-state index >= 15 is 0 Å². The van der Waals surface area contributed by atoms with Crippen LogP contribution in [0.25, 0.3) is 15.9 Å². The number of thioether (sulfide) groups is 1. The summed E-state index contributed by atoms with van der Waals surface area (Å²) < 4.78 is 20.4. The Morgan fingerprint density at radius 3 is 2.68 bits per heavy atom. The molecule has 1 aliphatic heterocycles. The van der Waals surface area contributed by atoms with Crippen LogP contribution in [0.2, 0.25) is 0 Å². The van der Waals surface area contributed by atoms with Gasteiger partial charge in [-0.2, -0.15) is 0 Å². The van der Waals surface area contributed by atoms with Gasteiger partial charge in [-0.3, -0.25) is 14.2 Å². The quantitative estimate of drug-likeness (QED) is 0.442. The number of thiophene rings is 1. The molecular weight excluding hydrogens is 437 g/mol. The van der Waals surface area contributed by atoms with E-state index in [1.165, 1.54) is 33.3 Å². The number of amides is 1. The molecule has 1 saturated heterocycles. The Morgan fingerprint density at radius 1 is 1.16 bits per heavy atom. The molecule has 3 aromatic rings. The molecule has 6 nitrogen and oxygen atoms in total. The number of carbonyl (C=O) groups is 1. The fourth-order valence-electron chi connectivity index (χ4n) is 4.13. The summed E-state index contributed by atoms with van der Waals surface area (Å²) in [6, 6.07) is 5.83.